The second-order valence-corrected chi connectivity index (χ2v) is 7.84. The van der Waals surface area contributed by atoms with Gasteiger partial charge in [-0.15, -0.1) is 11.3 Å². The van der Waals surface area contributed by atoms with Gasteiger partial charge in [0.1, 0.15) is 17.3 Å². The monoisotopic (exact) mass is 407 g/mol. The molecular formula is C18H12ClF2N3O2S. The number of nitrogens with one attached hydrogen (secondary N) is 1. The summed E-state index contributed by atoms with van der Waals surface area (Å²) < 4.78 is 29.1. The number of aromatic nitrogens is 2. The highest BCUT2D eigenvalue weighted by Crippen LogP contribution is 2.39. The van der Waals surface area contributed by atoms with Crippen LogP contribution in [0.25, 0.3) is 5.69 Å². The second kappa shape index (κ2) is 6.54. The fourth-order valence-electron chi connectivity index (χ4n) is 3.22. The van der Waals surface area contributed by atoms with Crippen LogP contribution in [0.2, 0.25) is 4.34 Å². The third-order valence-electron chi connectivity index (χ3n) is 4.37. The molecule has 0 fully saturated rings. The molecule has 1 amide bonds. The van der Waals surface area contributed by atoms with Crippen LogP contribution in [0, 0.1) is 18.6 Å². The van der Waals surface area contributed by atoms with Crippen molar-refractivity contribution in [2.24, 2.45) is 0 Å². The zero-order chi connectivity index (χ0) is 19.3. The van der Waals surface area contributed by atoms with Gasteiger partial charge in [-0.25, -0.2) is 13.5 Å². The smallest absolute Gasteiger partial charge is 0.226 e. The molecule has 3 aromatic rings. The maximum Gasteiger partial charge on any atom is 0.226 e. The number of carbonyl (C=O) groups is 2. The Kier molecular flexibility index (Phi) is 4.32. The Labute approximate surface area is 161 Å². The van der Waals surface area contributed by atoms with Gasteiger partial charge in [-0.2, -0.15) is 5.10 Å². The van der Waals surface area contributed by atoms with E-state index in [1.807, 2.05) is 0 Å². The van der Waals surface area contributed by atoms with Crippen LogP contribution in [-0.2, 0) is 4.79 Å². The summed E-state index contributed by atoms with van der Waals surface area (Å²) in [5, 5.41) is 6.94. The first-order chi connectivity index (χ1) is 12.8. The van der Waals surface area contributed by atoms with Gasteiger partial charge in [0, 0.05) is 18.1 Å². The molecule has 1 aliphatic rings. The molecule has 0 spiro atoms. The number of benzene rings is 1. The highest BCUT2D eigenvalue weighted by Gasteiger charge is 2.37. The van der Waals surface area contributed by atoms with Crippen LogP contribution < -0.4 is 5.32 Å². The van der Waals surface area contributed by atoms with Crippen molar-refractivity contribution in [1.82, 2.24) is 9.78 Å². The number of carbonyl (C=O) groups excluding carboxylic acids is 2. The van der Waals surface area contributed by atoms with E-state index in [2.05, 4.69) is 10.4 Å². The van der Waals surface area contributed by atoms with E-state index in [1.54, 1.807) is 19.1 Å². The molecule has 9 heteroatoms. The predicted octanol–water partition coefficient (Wildman–Crippen LogP) is 4.48. The highest BCUT2D eigenvalue weighted by molar-refractivity contribution is 7.18. The van der Waals surface area contributed by atoms with Crippen LogP contribution in [-0.4, -0.2) is 21.5 Å². The molecule has 1 aliphatic heterocycles. The van der Waals surface area contributed by atoms with Crippen molar-refractivity contribution in [2.45, 2.75) is 19.3 Å². The number of hydrogen-bond donors (Lipinski definition) is 1. The first-order valence-electron chi connectivity index (χ1n) is 7.99. The number of rotatable bonds is 3. The van der Waals surface area contributed by atoms with Gasteiger partial charge in [0.15, 0.2) is 11.6 Å². The summed E-state index contributed by atoms with van der Waals surface area (Å²) in [4.78, 5) is 25.6. The third kappa shape index (κ3) is 3.04. The van der Waals surface area contributed by atoms with Crippen LogP contribution in [0.3, 0.4) is 0 Å². The van der Waals surface area contributed by atoms with Gasteiger partial charge in [-0.1, -0.05) is 11.6 Å². The first kappa shape index (κ1) is 17.8. The molecule has 0 saturated carbocycles. The van der Waals surface area contributed by atoms with E-state index < -0.39 is 17.6 Å². The maximum absolute atomic E-state index is 14.2. The normalized spacial score (nSPS) is 16.1. The molecule has 0 saturated heterocycles. The Morgan fingerprint density at radius 3 is 2.78 bits per heavy atom. The fraction of sp³-hybridized carbons (Fsp3) is 0.167. The molecule has 0 aliphatic carbocycles. The molecule has 1 atom stereocenters. The lowest BCUT2D eigenvalue weighted by Crippen LogP contribution is -2.28. The van der Waals surface area contributed by atoms with Gasteiger partial charge in [0.2, 0.25) is 5.91 Å². The number of anilines is 1. The zero-order valence-electron chi connectivity index (χ0n) is 13.9. The molecule has 0 radical (unpaired) electrons. The standard InChI is InChI=1S/C18H12ClF2N3O2S/c1-8-16-10(17(26)13-4-5-14(19)27-13)7-15(25)22-18(16)24(23-8)12-3-2-9(20)6-11(12)21/h2-6,10H,7H2,1H3,(H,22,25)/t10-/m1/s1. The summed E-state index contributed by atoms with van der Waals surface area (Å²) in [6.45, 7) is 1.68. The van der Waals surface area contributed by atoms with Crippen LogP contribution in [0.4, 0.5) is 14.6 Å². The summed E-state index contributed by atoms with van der Waals surface area (Å²) in [5.74, 6) is -2.71. The molecule has 2 aromatic heterocycles. The Bertz CT molecular complexity index is 1090. The van der Waals surface area contributed by atoms with Crippen molar-refractivity contribution in [3.8, 4) is 5.69 Å². The second-order valence-electron chi connectivity index (χ2n) is 6.13. The Morgan fingerprint density at radius 2 is 2.11 bits per heavy atom. The van der Waals surface area contributed by atoms with Crippen LogP contribution in [0.1, 0.15) is 33.3 Å². The lowest BCUT2D eigenvalue weighted by Gasteiger charge is -2.22. The van der Waals surface area contributed by atoms with Gasteiger partial charge in [-0.3, -0.25) is 9.59 Å². The van der Waals surface area contributed by atoms with Crippen LogP contribution in [0.5, 0.6) is 0 Å². The lowest BCUT2D eigenvalue weighted by atomic mass is 9.87. The summed E-state index contributed by atoms with van der Waals surface area (Å²) in [6, 6.07) is 6.30. The largest absolute Gasteiger partial charge is 0.310 e. The van der Waals surface area contributed by atoms with E-state index in [1.165, 1.54) is 10.7 Å². The molecule has 1 aromatic carbocycles. The average molecular weight is 408 g/mol. The van der Waals surface area contributed by atoms with E-state index in [0.29, 0.717) is 20.5 Å². The van der Waals surface area contributed by atoms with Crippen molar-refractivity contribution in [1.29, 1.82) is 0 Å². The maximum atomic E-state index is 14.2. The van der Waals surface area contributed by atoms with Gasteiger partial charge in [-0.05, 0) is 31.2 Å². The fourth-order valence-corrected chi connectivity index (χ4v) is 4.25. The Balaban J connectivity index is 1.85. The van der Waals surface area contributed by atoms with Gasteiger partial charge < -0.3 is 5.32 Å². The number of ketones is 1. The van der Waals surface area contributed by atoms with E-state index in [-0.39, 0.29) is 29.6 Å². The number of aryl methyl sites for hydroxylation is 1. The van der Waals surface area contributed by atoms with E-state index in [4.69, 9.17) is 11.6 Å². The minimum absolute atomic E-state index is 0.0201. The van der Waals surface area contributed by atoms with Gasteiger partial charge in [0.25, 0.3) is 0 Å². The minimum Gasteiger partial charge on any atom is -0.310 e. The summed E-state index contributed by atoms with van der Waals surface area (Å²) in [6.07, 6.45) is -0.0419. The number of amides is 1. The molecule has 5 nitrogen and oxygen atoms in total. The number of nitrogens with zero attached hydrogens (tertiary/aromatic N) is 2. The van der Waals surface area contributed by atoms with E-state index >= 15 is 0 Å². The molecule has 3 heterocycles. The quantitative estimate of drug-likeness (QED) is 0.651. The molecular weight excluding hydrogens is 396 g/mol. The molecule has 1 N–H and O–H groups in total. The van der Waals surface area contributed by atoms with Crippen LogP contribution >= 0.6 is 22.9 Å². The summed E-state index contributed by atoms with van der Waals surface area (Å²) in [7, 11) is 0. The highest BCUT2D eigenvalue weighted by atomic mass is 35.5. The number of Topliss-reactive ketones (excluding diaryl/α,β-unsaturated/α-hetero) is 1. The first-order valence-corrected chi connectivity index (χ1v) is 9.19. The Morgan fingerprint density at radius 1 is 1.33 bits per heavy atom. The predicted molar refractivity (Wildman–Crippen MR) is 97.9 cm³/mol. The number of fused-ring (bicyclic) bond motifs is 1. The van der Waals surface area contributed by atoms with Crippen molar-refractivity contribution >= 4 is 40.4 Å². The van der Waals surface area contributed by atoms with Gasteiger partial charge >= 0.3 is 0 Å². The van der Waals surface area contributed by atoms with Crippen molar-refractivity contribution < 1.29 is 18.4 Å². The molecule has 27 heavy (non-hydrogen) atoms. The zero-order valence-corrected chi connectivity index (χ0v) is 15.5. The molecule has 0 bridgehead atoms. The molecule has 138 valence electrons. The lowest BCUT2D eigenvalue weighted by molar-refractivity contribution is -0.116. The average Bonchev–Trinajstić information content (AvgIpc) is 3.17. The number of hydrogen-bond acceptors (Lipinski definition) is 4. The van der Waals surface area contributed by atoms with Crippen molar-refractivity contribution in [3.05, 3.63) is 62.4 Å². The minimum atomic E-state index is -0.826. The van der Waals surface area contributed by atoms with E-state index in [9.17, 15) is 18.4 Å². The van der Waals surface area contributed by atoms with Crippen molar-refractivity contribution in [3.63, 3.8) is 0 Å². The number of halogens is 3. The molecule has 0 unspecified atom stereocenters. The SMILES string of the molecule is Cc1nn(-c2ccc(F)cc2F)c2c1[C@H](C(=O)c1ccc(Cl)s1)CC(=O)N2. The van der Waals surface area contributed by atoms with Crippen molar-refractivity contribution in [2.75, 3.05) is 5.32 Å². The summed E-state index contributed by atoms with van der Waals surface area (Å²) in [5.41, 5.74) is 0.982. The Hall–Kier alpha value is -2.58. The third-order valence-corrected chi connectivity index (χ3v) is 5.62. The molecule has 4 rings (SSSR count). The van der Waals surface area contributed by atoms with Crippen LogP contribution in [0.15, 0.2) is 30.3 Å². The topological polar surface area (TPSA) is 64.0 Å². The van der Waals surface area contributed by atoms with E-state index in [0.717, 1.165) is 23.5 Å². The summed E-state index contributed by atoms with van der Waals surface area (Å²) >= 11 is 7.05. The number of thiophene rings is 1. The van der Waals surface area contributed by atoms with Gasteiger partial charge in [0.05, 0.1) is 20.8 Å².